The molecule has 3 aromatic rings. The number of nitrogens with zero attached hydrogens (tertiary/aromatic N) is 3. The second-order valence-electron chi connectivity index (χ2n) is 4.75. The van der Waals surface area contributed by atoms with Crippen molar-refractivity contribution in [3.63, 3.8) is 0 Å². The fourth-order valence-corrected chi connectivity index (χ4v) is 2.13. The van der Waals surface area contributed by atoms with Gasteiger partial charge in [-0.3, -0.25) is 10.1 Å². The minimum absolute atomic E-state index is 0.550. The Labute approximate surface area is 117 Å². The second-order valence-corrected chi connectivity index (χ2v) is 4.75. The largest absolute Gasteiger partial charge is 0.323 e. The Balaban J connectivity index is 1.84. The topological polar surface area (TPSA) is 66.5 Å². The average Bonchev–Trinajstić information content (AvgIpc) is 2.87. The molecule has 5 nitrogen and oxygen atoms in total. The van der Waals surface area contributed by atoms with Gasteiger partial charge < -0.3 is 5.32 Å². The van der Waals surface area contributed by atoms with Crippen molar-refractivity contribution in [2.75, 3.05) is 5.32 Å². The molecule has 2 aromatic heterocycles. The lowest BCUT2D eigenvalue weighted by atomic mass is 10.1. The minimum atomic E-state index is 0.550. The number of anilines is 2. The summed E-state index contributed by atoms with van der Waals surface area (Å²) in [4.78, 5) is 8.49. The van der Waals surface area contributed by atoms with Crippen molar-refractivity contribution in [3.05, 3.63) is 53.9 Å². The van der Waals surface area contributed by atoms with Crippen molar-refractivity contribution in [1.82, 2.24) is 20.2 Å². The zero-order chi connectivity index (χ0) is 13.9. The molecule has 5 heteroatoms. The highest BCUT2D eigenvalue weighted by atomic mass is 15.3. The van der Waals surface area contributed by atoms with Crippen molar-refractivity contribution in [2.45, 2.75) is 13.8 Å². The molecule has 2 N–H and O–H groups in total. The molecule has 100 valence electrons. The summed E-state index contributed by atoms with van der Waals surface area (Å²) in [6, 6.07) is 10.1. The first kappa shape index (κ1) is 12.3. The Morgan fingerprint density at radius 1 is 1.10 bits per heavy atom. The molecule has 0 spiro atoms. The van der Waals surface area contributed by atoms with Crippen LogP contribution in [0.1, 0.15) is 11.1 Å². The summed E-state index contributed by atoms with van der Waals surface area (Å²) < 4.78 is 0. The van der Waals surface area contributed by atoms with Crippen molar-refractivity contribution < 1.29 is 0 Å². The van der Waals surface area contributed by atoms with E-state index in [9.17, 15) is 0 Å². The first-order chi connectivity index (χ1) is 9.70. The Morgan fingerprint density at radius 2 is 1.90 bits per heavy atom. The van der Waals surface area contributed by atoms with Crippen LogP contribution in [0.15, 0.2) is 42.7 Å². The number of nitrogens with one attached hydrogen (secondary N) is 2. The molecule has 0 radical (unpaired) electrons. The monoisotopic (exact) mass is 265 g/mol. The summed E-state index contributed by atoms with van der Waals surface area (Å²) in [6.45, 7) is 4.13. The van der Waals surface area contributed by atoms with Gasteiger partial charge in [0, 0.05) is 23.6 Å². The van der Waals surface area contributed by atoms with E-state index >= 15 is 0 Å². The van der Waals surface area contributed by atoms with Crippen molar-refractivity contribution in [3.8, 4) is 11.4 Å². The van der Waals surface area contributed by atoms with E-state index in [0.29, 0.717) is 11.8 Å². The van der Waals surface area contributed by atoms with Crippen molar-refractivity contribution >= 4 is 11.6 Å². The molecule has 0 amide bonds. The van der Waals surface area contributed by atoms with Crippen LogP contribution in [0.5, 0.6) is 0 Å². The molecule has 0 unspecified atom stereocenters. The van der Waals surface area contributed by atoms with Gasteiger partial charge in [0.1, 0.15) is 0 Å². The molecule has 0 atom stereocenters. The predicted molar refractivity (Wildman–Crippen MR) is 78.8 cm³/mol. The molecule has 0 saturated heterocycles. The summed E-state index contributed by atoms with van der Waals surface area (Å²) in [5.74, 6) is 1.25. The molecule has 3 rings (SSSR count). The fourth-order valence-electron chi connectivity index (χ4n) is 2.13. The van der Waals surface area contributed by atoms with Gasteiger partial charge >= 0.3 is 0 Å². The molecule has 0 fully saturated rings. The summed E-state index contributed by atoms with van der Waals surface area (Å²) in [6.07, 6.45) is 3.48. The maximum atomic E-state index is 4.42. The van der Waals surface area contributed by atoms with Crippen LogP contribution in [-0.2, 0) is 0 Å². The van der Waals surface area contributed by atoms with Crippen LogP contribution in [0.3, 0.4) is 0 Å². The summed E-state index contributed by atoms with van der Waals surface area (Å²) >= 11 is 0. The van der Waals surface area contributed by atoms with Gasteiger partial charge in [0.2, 0.25) is 5.95 Å². The van der Waals surface area contributed by atoms with Crippen LogP contribution in [-0.4, -0.2) is 20.2 Å². The number of hydrogen-bond acceptors (Lipinski definition) is 4. The quantitative estimate of drug-likeness (QED) is 0.763. The third kappa shape index (κ3) is 2.66. The number of aromatic nitrogens is 4. The first-order valence-corrected chi connectivity index (χ1v) is 6.39. The molecular weight excluding hydrogens is 250 g/mol. The first-order valence-electron chi connectivity index (χ1n) is 6.39. The van der Waals surface area contributed by atoms with E-state index in [1.54, 1.807) is 12.4 Å². The van der Waals surface area contributed by atoms with E-state index in [1.807, 2.05) is 12.1 Å². The standard InChI is InChI=1S/C15H15N5/c1-10-6-11(2)8-13(7-10)17-15-18-14(19-20-15)12-4-3-5-16-9-12/h3-9H,1-2H3,(H2,17,18,19,20). The molecule has 0 saturated carbocycles. The van der Waals surface area contributed by atoms with Gasteiger partial charge in [0.25, 0.3) is 0 Å². The maximum Gasteiger partial charge on any atom is 0.246 e. The van der Waals surface area contributed by atoms with E-state index in [1.165, 1.54) is 11.1 Å². The lowest BCUT2D eigenvalue weighted by molar-refractivity contribution is 1.09. The highest BCUT2D eigenvalue weighted by molar-refractivity contribution is 5.59. The smallest absolute Gasteiger partial charge is 0.246 e. The average molecular weight is 265 g/mol. The molecule has 0 aliphatic heterocycles. The van der Waals surface area contributed by atoms with Gasteiger partial charge in [-0.15, -0.1) is 5.10 Å². The van der Waals surface area contributed by atoms with Crippen LogP contribution in [0.2, 0.25) is 0 Å². The van der Waals surface area contributed by atoms with Gasteiger partial charge in [-0.05, 0) is 49.2 Å². The molecular formula is C15H15N5. The summed E-state index contributed by atoms with van der Waals surface area (Å²) in [7, 11) is 0. The lowest BCUT2D eigenvalue weighted by Crippen LogP contribution is -1.93. The van der Waals surface area contributed by atoms with Crippen LogP contribution in [0.4, 0.5) is 11.6 Å². The van der Waals surface area contributed by atoms with Crippen LogP contribution < -0.4 is 5.32 Å². The highest BCUT2D eigenvalue weighted by Crippen LogP contribution is 2.19. The number of aryl methyl sites for hydroxylation is 2. The Kier molecular flexibility index (Phi) is 3.16. The number of benzene rings is 1. The van der Waals surface area contributed by atoms with Gasteiger partial charge in [-0.2, -0.15) is 4.98 Å². The second kappa shape index (κ2) is 5.13. The maximum absolute atomic E-state index is 4.42. The molecule has 0 aliphatic carbocycles. The van der Waals surface area contributed by atoms with Crippen LogP contribution >= 0.6 is 0 Å². The predicted octanol–water partition coefficient (Wildman–Crippen LogP) is 3.23. The molecule has 2 heterocycles. The van der Waals surface area contributed by atoms with E-state index in [4.69, 9.17) is 0 Å². The van der Waals surface area contributed by atoms with Gasteiger partial charge in [-0.25, -0.2) is 0 Å². The third-order valence-corrected chi connectivity index (χ3v) is 2.90. The SMILES string of the molecule is Cc1cc(C)cc(Nc2n[nH]c(-c3cccnc3)n2)c1. The highest BCUT2D eigenvalue weighted by Gasteiger charge is 2.06. The van der Waals surface area contributed by atoms with Gasteiger partial charge in [0.05, 0.1) is 0 Å². The fraction of sp³-hybridized carbons (Fsp3) is 0.133. The molecule has 1 aromatic carbocycles. The Hall–Kier alpha value is -2.69. The number of pyridine rings is 1. The summed E-state index contributed by atoms with van der Waals surface area (Å²) in [5, 5.41) is 10.3. The Bertz CT molecular complexity index is 698. The van der Waals surface area contributed by atoms with E-state index in [-0.39, 0.29) is 0 Å². The number of hydrogen-bond donors (Lipinski definition) is 2. The lowest BCUT2D eigenvalue weighted by Gasteiger charge is -2.04. The van der Waals surface area contributed by atoms with E-state index in [2.05, 4.69) is 57.5 Å². The number of H-pyrrole nitrogens is 1. The third-order valence-electron chi connectivity index (χ3n) is 2.90. The van der Waals surface area contributed by atoms with E-state index in [0.717, 1.165) is 11.3 Å². The molecule has 0 bridgehead atoms. The van der Waals surface area contributed by atoms with Gasteiger partial charge in [0.15, 0.2) is 5.82 Å². The number of rotatable bonds is 3. The normalized spacial score (nSPS) is 10.5. The number of aromatic amines is 1. The van der Waals surface area contributed by atoms with Crippen molar-refractivity contribution in [2.24, 2.45) is 0 Å². The summed E-state index contributed by atoms with van der Waals surface area (Å²) in [5.41, 5.74) is 4.30. The van der Waals surface area contributed by atoms with Gasteiger partial charge in [-0.1, -0.05) is 6.07 Å². The van der Waals surface area contributed by atoms with Crippen LogP contribution in [0.25, 0.3) is 11.4 Å². The zero-order valence-corrected chi connectivity index (χ0v) is 11.4. The van der Waals surface area contributed by atoms with Crippen LogP contribution in [0, 0.1) is 13.8 Å². The Morgan fingerprint density at radius 3 is 2.60 bits per heavy atom. The molecule has 20 heavy (non-hydrogen) atoms. The zero-order valence-electron chi connectivity index (χ0n) is 11.4. The molecule has 0 aliphatic rings. The van der Waals surface area contributed by atoms with E-state index < -0.39 is 0 Å². The van der Waals surface area contributed by atoms with Crippen molar-refractivity contribution in [1.29, 1.82) is 0 Å². The minimum Gasteiger partial charge on any atom is -0.323 e.